The molecule has 1 unspecified atom stereocenters. The number of pyridine rings is 1. The lowest BCUT2D eigenvalue weighted by Crippen LogP contribution is -2.52. The van der Waals surface area contributed by atoms with Crippen LogP contribution >= 0.6 is 11.3 Å². The Balaban J connectivity index is 1.29. The third-order valence-electron chi connectivity index (χ3n) is 6.04. The first-order valence-electron chi connectivity index (χ1n) is 10.8. The summed E-state index contributed by atoms with van der Waals surface area (Å²) in [6, 6.07) is 1.47. The van der Waals surface area contributed by atoms with E-state index in [9.17, 15) is 9.18 Å². The van der Waals surface area contributed by atoms with Crippen LogP contribution in [0, 0.1) is 19.7 Å². The largest absolute Gasteiger partial charge is 0.366 e. The predicted molar refractivity (Wildman–Crippen MR) is 125 cm³/mol. The van der Waals surface area contributed by atoms with Crippen LogP contribution in [-0.4, -0.2) is 68.1 Å². The zero-order valence-electron chi connectivity index (χ0n) is 18.8. The highest BCUT2D eigenvalue weighted by molar-refractivity contribution is 7.09. The second kappa shape index (κ2) is 8.54. The Morgan fingerprint density at radius 3 is 2.64 bits per heavy atom. The van der Waals surface area contributed by atoms with E-state index >= 15 is 0 Å². The molecule has 5 rings (SSSR count). The SMILES string of the molecule is Cc1csc(C2CC=NN2C(=O)N2CCN(c3cc(-c4c(C)cnn4C)ncc3F)CC2)n1. The number of hydrogen-bond donors (Lipinski definition) is 0. The van der Waals surface area contributed by atoms with E-state index in [1.165, 1.54) is 11.2 Å². The Hall–Kier alpha value is -3.34. The molecule has 2 aliphatic rings. The second-order valence-electron chi connectivity index (χ2n) is 8.30. The van der Waals surface area contributed by atoms with Crippen LogP contribution in [0.15, 0.2) is 28.9 Å². The van der Waals surface area contributed by atoms with E-state index in [4.69, 9.17) is 0 Å². The van der Waals surface area contributed by atoms with Crippen molar-refractivity contribution in [2.75, 3.05) is 31.1 Å². The average molecular weight is 469 g/mol. The molecule has 11 heteroatoms. The van der Waals surface area contributed by atoms with Crippen LogP contribution in [0.2, 0.25) is 0 Å². The van der Waals surface area contributed by atoms with E-state index < -0.39 is 0 Å². The summed E-state index contributed by atoms with van der Waals surface area (Å²) in [4.78, 5) is 25.7. The van der Waals surface area contributed by atoms with Gasteiger partial charge in [0.1, 0.15) is 11.0 Å². The normalized spacial score (nSPS) is 18.4. The molecule has 0 aromatic carbocycles. The van der Waals surface area contributed by atoms with E-state index in [-0.39, 0.29) is 17.9 Å². The summed E-state index contributed by atoms with van der Waals surface area (Å²) in [5.74, 6) is -0.373. The maximum Gasteiger partial charge on any atom is 0.341 e. The molecular formula is C22H25FN8OS. The highest BCUT2D eigenvalue weighted by Crippen LogP contribution is 2.32. The van der Waals surface area contributed by atoms with E-state index in [0.29, 0.717) is 44.0 Å². The number of amides is 2. The predicted octanol–water partition coefficient (Wildman–Crippen LogP) is 3.37. The summed E-state index contributed by atoms with van der Waals surface area (Å²) < 4.78 is 16.4. The van der Waals surface area contributed by atoms with Crippen molar-refractivity contribution in [3.8, 4) is 11.4 Å². The zero-order valence-corrected chi connectivity index (χ0v) is 19.6. The number of hydrazone groups is 1. The first-order valence-corrected chi connectivity index (χ1v) is 11.7. The molecule has 172 valence electrons. The Kier molecular flexibility index (Phi) is 5.57. The van der Waals surface area contributed by atoms with Crippen molar-refractivity contribution in [2.24, 2.45) is 12.1 Å². The van der Waals surface area contributed by atoms with Crippen molar-refractivity contribution in [3.05, 3.63) is 45.9 Å². The molecule has 0 aliphatic carbocycles. The lowest BCUT2D eigenvalue weighted by Gasteiger charge is -2.38. The lowest BCUT2D eigenvalue weighted by molar-refractivity contribution is 0.139. The molecule has 0 spiro atoms. The molecule has 2 amide bonds. The molecule has 3 aromatic heterocycles. The summed E-state index contributed by atoms with van der Waals surface area (Å²) in [6.45, 7) is 5.91. The third-order valence-corrected chi connectivity index (χ3v) is 7.10. The number of hydrogen-bond acceptors (Lipinski definition) is 7. The van der Waals surface area contributed by atoms with Crippen molar-refractivity contribution >= 4 is 29.3 Å². The van der Waals surface area contributed by atoms with Gasteiger partial charge in [0.15, 0.2) is 5.82 Å². The average Bonchev–Trinajstić information content (AvgIpc) is 3.54. The topological polar surface area (TPSA) is 82.8 Å². The third kappa shape index (κ3) is 3.97. The van der Waals surface area contributed by atoms with Gasteiger partial charge < -0.3 is 9.80 Å². The standard InChI is InChI=1S/C22H25FN8OS/c1-14-11-26-28(3)20(14)17-10-19(16(23)12-24-17)29-6-8-30(9-7-29)22(32)31-18(4-5-25-31)21-27-15(2)13-33-21/h5,10-13,18H,4,6-9H2,1-3H3. The van der Waals surface area contributed by atoms with Crippen molar-refractivity contribution < 1.29 is 9.18 Å². The summed E-state index contributed by atoms with van der Waals surface area (Å²) in [5.41, 5.74) is 3.95. The van der Waals surface area contributed by atoms with Crippen LogP contribution < -0.4 is 4.90 Å². The van der Waals surface area contributed by atoms with Gasteiger partial charge in [0, 0.05) is 56.9 Å². The highest BCUT2D eigenvalue weighted by Gasteiger charge is 2.34. The summed E-state index contributed by atoms with van der Waals surface area (Å²) in [5, 5.41) is 13.0. The first kappa shape index (κ1) is 21.5. The number of carbonyl (C=O) groups excluding carboxylic acids is 1. The van der Waals surface area contributed by atoms with Gasteiger partial charge in [-0.15, -0.1) is 11.3 Å². The van der Waals surface area contributed by atoms with E-state index in [0.717, 1.165) is 22.0 Å². The number of piperazine rings is 1. The van der Waals surface area contributed by atoms with Crippen molar-refractivity contribution in [3.63, 3.8) is 0 Å². The smallest absolute Gasteiger partial charge is 0.341 e. The van der Waals surface area contributed by atoms with Gasteiger partial charge in [-0.1, -0.05) is 0 Å². The van der Waals surface area contributed by atoms with Crippen molar-refractivity contribution in [1.82, 2.24) is 29.7 Å². The Morgan fingerprint density at radius 1 is 1.18 bits per heavy atom. The minimum absolute atomic E-state index is 0.136. The van der Waals surface area contributed by atoms with Gasteiger partial charge in [0.2, 0.25) is 0 Å². The molecule has 3 aromatic rings. The molecule has 33 heavy (non-hydrogen) atoms. The van der Waals surface area contributed by atoms with E-state index in [1.807, 2.05) is 31.2 Å². The van der Waals surface area contributed by atoms with Crippen molar-refractivity contribution in [1.29, 1.82) is 0 Å². The number of aromatic nitrogens is 4. The fourth-order valence-electron chi connectivity index (χ4n) is 4.33. The molecule has 2 aliphatic heterocycles. The maximum absolute atomic E-state index is 14.7. The fraction of sp³-hybridized carbons (Fsp3) is 0.409. The first-order chi connectivity index (χ1) is 15.9. The van der Waals surface area contributed by atoms with Crippen LogP contribution in [0.4, 0.5) is 14.9 Å². The van der Waals surface area contributed by atoms with E-state index in [1.54, 1.807) is 39.4 Å². The molecule has 0 bridgehead atoms. The fourth-order valence-corrected chi connectivity index (χ4v) is 5.22. The van der Waals surface area contributed by atoms with Gasteiger partial charge in [0.05, 0.1) is 29.5 Å². The molecule has 1 fully saturated rings. The number of nitrogens with zero attached hydrogens (tertiary/aromatic N) is 8. The van der Waals surface area contributed by atoms with Gasteiger partial charge in [-0.2, -0.15) is 10.2 Å². The quantitative estimate of drug-likeness (QED) is 0.589. The molecule has 5 heterocycles. The van der Waals surface area contributed by atoms with Crippen LogP contribution in [-0.2, 0) is 7.05 Å². The van der Waals surface area contributed by atoms with Gasteiger partial charge in [-0.25, -0.2) is 19.2 Å². The number of urea groups is 1. The van der Waals surface area contributed by atoms with Gasteiger partial charge >= 0.3 is 6.03 Å². The minimum atomic E-state index is -0.373. The molecule has 1 saturated heterocycles. The van der Waals surface area contributed by atoms with Gasteiger partial charge in [0.25, 0.3) is 0 Å². The van der Waals surface area contributed by atoms with E-state index in [2.05, 4.69) is 20.2 Å². The monoisotopic (exact) mass is 468 g/mol. The Labute approximate surface area is 195 Å². The summed E-state index contributed by atoms with van der Waals surface area (Å²) >= 11 is 1.55. The molecule has 0 N–H and O–H groups in total. The van der Waals surface area contributed by atoms with Gasteiger partial charge in [-0.05, 0) is 25.5 Å². The number of carbonyl (C=O) groups is 1. The number of anilines is 1. The number of thiazole rings is 1. The lowest BCUT2D eigenvalue weighted by atomic mass is 10.1. The molecular weight excluding hydrogens is 443 g/mol. The number of aryl methyl sites for hydroxylation is 3. The van der Waals surface area contributed by atoms with Crippen LogP contribution in [0.3, 0.4) is 0 Å². The molecule has 9 nitrogen and oxygen atoms in total. The zero-order chi connectivity index (χ0) is 23.1. The molecule has 0 radical (unpaired) electrons. The van der Waals surface area contributed by atoms with Crippen LogP contribution in [0.25, 0.3) is 11.4 Å². The summed E-state index contributed by atoms with van der Waals surface area (Å²) in [7, 11) is 1.85. The van der Waals surface area contributed by atoms with Crippen LogP contribution in [0.1, 0.15) is 28.7 Å². The molecule has 0 saturated carbocycles. The number of rotatable bonds is 3. The van der Waals surface area contributed by atoms with Crippen LogP contribution in [0.5, 0.6) is 0 Å². The maximum atomic E-state index is 14.7. The summed E-state index contributed by atoms with van der Waals surface area (Å²) in [6.07, 6.45) is 5.46. The second-order valence-corrected chi connectivity index (χ2v) is 9.19. The van der Waals surface area contributed by atoms with Gasteiger partial charge in [-0.3, -0.25) is 9.67 Å². The Morgan fingerprint density at radius 2 is 1.97 bits per heavy atom. The highest BCUT2D eigenvalue weighted by atomic mass is 32.1. The minimum Gasteiger partial charge on any atom is -0.366 e. The number of halogens is 1. The Bertz CT molecular complexity index is 1190. The van der Waals surface area contributed by atoms with Crippen molar-refractivity contribution in [2.45, 2.75) is 26.3 Å². The molecule has 1 atom stereocenters.